The van der Waals surface area contributed by atoms with Gasteiger partial charge in [0.25, 0.3) is 0 Å². The van der Waals surface area contributed by atoms with Gasteiger partial charge in [0, 0.05) is 12.6 Å². The average Bonchev–Trinajstić information content (AvgIpc) is 2.55. The van der Waals surface area contributed by atoms with Gasteiger partial charge >= 0.3 is 0 Å². The summed E-state index contributed by atoms with van der Waals surface area (Å²) in [5.41, 5.74) is 1.41. The van der Waals surface area contributed by atoms with E-state index in [0.717, 1.165) is 19.6 Å². The summed E-state index contributed by atoms with van der Waals surface area (Å²) in [7, 11) is 0. The van der Waals surface area contributed by atoms with Crippen molar-refractivity contribution in [2.75, 3.05) is 13.2 Å². The van der Waals surface area contributed by atoms with E-state index in [4.69, 9.17) is 4.74 Å². The monoisotopic (exact) mass is 283 g/mol. The fourth-order valence-corrected chi connectivity index (χ4v) is 3.38. The number of rotatable bonds is 5. The molecule has 1 heterocycles. The highest BCUT2D eigenvalue weighted by Gasteiger charge is 2.21. The number of hydrogen-bond donors (Lipinski definition) is 1. The first-order valence-electron chi connectivity index (χ1n) is 8.21. The number of ether oxygens (including phenoxy) is 1. The van der Waals surface area contributed by atoms with E-state index in [1.54, 1.807) is 0 Å². The summed E-state index contributed by atoms with van der Waals surface area (Å²) in [6.07, 6.45) is 5.20. The summed E-state index contributed by atoms with van der Waals surface area (Å²) in [4.78, 5) is 0. The normalized spacial score (nSPS) is 20.5. The molecular formula is C19H25NO. The Labute approximate surface area is 127 Å². The van der Waals surface area contributed by atoms with Crippen LogP contribution in [0.5, 0.6) is 0 Å². The quantitative estimate of drug-likeness (QED) is 0.875. The minimum atomic E-state index is 0.379. The minimum Gasteiger partial charge on any atom is -0.378 e. The Balaban J connectivity index is 1.87. The Bertz CT molecular complexity index is 569. The van der Waals surface area contributed by atoms with E-state index >= 15 is 0 Å². The summed E-state index contributed by atoms with van der Waals surface area (Å²) in [5.74, 6) is 0. The Morgan fingerprint density at radius 1 is 1.14 bits per heavy atom. The number of fused-ring (bicyclic) bond motifs is 1. The second kappa shape index (κ2) is 7.06. The van der Waals surface area contributed by atoms with Crippen LogP contribution in [0.4, 0.5) is 0 Å². The lowest BCUT2D eigenvalue weighted by Gasteiger charge is -2.28. The topological polar surface area (TPSA) is 21.3 Å². The van der Waals surface area contributed by atoms with Gasteiger partial charge in [-0.05, 0) is 48.6 Å². The molecule has 1 N–H and O–H groups in total. The molecule has 0 saturated carbocycles. The zero-order chi connectivity index (χ0) is 14.5. The van der Waals surface area contributed by atoms with Gasteiger partial charge in [0.15, 0.2) is 0 Å². The molecule has 2 atom stereocenters. The molecule has 3 rings (SSSR count). The van der Waals surface area contributed by atoms with E-state index in [1.165, 1.54) is 35.6 Å². The van der Waals surface area contributed by atoms with Crippen LogP contribution in [0.3, 0.4) is 0 Å². The fourth-order valence-electron chi connectivity index (χ4n) is 3.38. The molecule has 0 aliphatic carbocycles. The van der Waals surface area contributed by atoms with E-state index in [0.29, 0.717) is 12.1 Å². The van der Waals surface area contributed by atoms with Crippen LogP contribution in [0.25, 0.3) is 10.8 Å². The van der Waals surface area contributed by atoms with Crippen molar-refractivity contribution < 1.29 is 4.74 Å². The van der Waals surface area contributed by atoms with Crippen LogP contribution < -0.4 is 5.32 Å². The summed E-state index contributed by atoms with van der Waals surface area (Å²) < 4.78 is 5.95. The van der Waals surface area contributed by atoms with Gasteiger partial charge in [0.2, 0.25) is 0 Å². The number of hydrogen-bond acceptors (Lipinski definition) is 2. The van der Waals surface area contributed by atoms with Crippen molar-refractivity contribution in [3.8, 4) is 0 Å². The van der Waals surface area contributed by atoms with Crippen molar-refractivity contribution in [2.24, 2.45) is 0 Å². The summed E-state index contributed by atoms with van der Waals surface area (Å²) in [5, 5.41) is 6.34. The first-order chi connectivity index (χ1) is 10.4. The van der Waals surface area contributed by atoms with Gasteiger partial charge in [-0.1, -0.05) is 49.4 Å². The second-order valence-electron chi connectivity index (χ2n) is 5.90. The van der Waals surface area contributed by atoms with Crippen molar-refractivity contribution in [2.45, 2.75) is 44.8 Å². The molecule has 2 aromatic carbocycles. The Kier molecular flexibility index (Phi) is 4.89. The van der Waals surface area contributed by atoms with E-state index in [9.17, 15) is 0 Å². The standard InChI is InChI=1S/C19H25NO/c1-2-20-19(14-16-10-5-6-13-21-16)18-12-7-9-15-8-3-4-11-17(15)18/h3-4,7-9,11-12,16,19-20H,2,5-6,10,13-14H2,1H3. The van der Waals surface area contributed by atoms with Gasteiger partial charge in [-0.25, -0.2) is 0 Å². The number of nitrogens with one attached hydrogen (secondary N) is 1. The molecule has 1 aliphatic rings. The summed E-state index contributed by atoms with van der Waals surface area (Å²) >= 11 is 0. The first-order valence-corrected chi connectivity index (χ1v) is 8.21. The van der Waals surface area contributed by atoms with Gasteiger partial charge in [0.1, 0.15) is 0 Å². The molecule has 2 heteroatoms. The molecule has 2 nitrogen and oxygen atoms in total. The molecule has 2 unspecified atom stereocenters. The van der Waals surface area contributed by atoms with Crippen molar-refractivity contribution >= 4 is 10.8 Å². The lowest BCUT2D eigenvalue weighted by Crippen LogP contribution is -2.28. The van der Waals surface area contributed by atoms with E-state index in [2.05, 4.69) is 54.7 Å². The third-order valence-corrected chi connectivity index (χ3v) is 4.42. The predicted octanol–water partition coefficient (Wildman–Crippen LogP) is 4.45. The largest absolute Gasteiger partial charge is 0.378 e. The van der Waals surface area contributed by atoms with Crippen molar-refractivity contribution in [3.63, 3.8) is 0 Å². The van der Waals surface area contributed by atoms with Crippen LogP contribution in [0.15, 0.2) is 42.5 Å². The zero-order valence-corrected chi connectivity index (χ0v) is 12.8. The second-order valence-corrected chi connectivity index (χ2v) is 5.90. The lowest BCUT2D eigenvalue weighted by molar-refractivity contribution is 0.00522. The van der Waals surface area contributed by atoms with Crippen molar-refractivity contribution in [1.29, 1.82) is 0 Å². The maximum atomic E-state index is 5.95. The van der Waals surface area contributed by atoms with Crippen LogP contribution in [0, 0.1) is 0 Å². The van der Waals surface area contributed by atoms with Crippen molar-refractivity contribution in [3.05, 3.63) is 48.0 Å². The predicted molar refractivity (Wildman–Crippen MR) is 88.6 cm³/mol. The molecule has 21 heavy (non-hydrogen) atoms. The third kappa shape index (κ3) is 3.45. The van der Waals surface area contributed by atoms with Crippen LogP contribution in [-0.4, -0.2) is 19.3 Å². The van der Waals surface area contributed by atoms with Crippen LogP contribution in [0.1, 0.15) is 44.2 Å². The Hall–Kier alpha value is -1.38. The van der Waals surface area contributed by atoms with Crippen LogP contribution in [0.2, 0.25) is 0 Å². The molecule has 0 amide bonds. The molecule has 0 radical (unpaired) electrons. The molecule has 0 spiro atoms. The fraction of sp³-hybridized carbons (Fsp3) is 0.474. The Morgan fingerprint density at radius 2 is 2.00 bits per heavy atom. The third-order valence-electron chi connectivity index (χ3n) is 4.42. The highest BCUT2D eigenvalue weighted by atomic mass is 16.5. The van der Waals surface area contributed by atoms with Gasteiger partial charge in [-0.2, -0.15) is 0 Å². The first kappa shape index (κ1) is 14.6. The molecule has 1 fully saturated rings. The molecule has 2 aromatic rings. The molecule has 1 saturated heterocycles. The highest BCUT2D eigenvalue weighted by molar-refractivity contribution is 5.86. The molecular weight excluding hydrogens is 258 g/mol. The van der Waals surface area contributed by atoms with Gasteiger partial charge in [0.05, 0.1) is 6.10 Å². The summed E-state index contributed by atoms with van der Waals surface area (Å²) in [6.45, 7) is 4.10. The number of benzene rings is 2. The lowest BCUT2D eigenvalue weighted by atomic mass is 9.93. The molecule has 112 valence electrons. The SMILES string of the molecule is CCNC(CC1CCCCO1)c1cccc2ccccc12. The maximum absolute atomic E-state index is 5.95. The average molecular weight is 283 g/mol. The van der Waals surface area contributed by atoms with Gasteiger partial charge in [-0.3, -0.25) is 0 Å². The molecule has 0 bridgehead atoms. The van der Waals surface area contributed by atoms with Crippen LogP contribution in [-0.2, 0) is 4.74 Å². The highest BCUT2D eigenvalue weighted by Crippen LogP contribution is 2.29. The summed E-state index contributed by atoms with van der Waals surface area (Å²) in [6, 6.07) is 15.7. The minimum absolute atomic E-state index is 0.379. The van der Waals surface area contributed by atoms with Crippen molar-refractivity contribution in [1.82, 2.24) is 5.32 Å². The maximum Gasteiger partial charge on any atom is 0.0593 e. The Morgan fingerprint density at radius 3 is 2.81 bits per heavy atom. The van der Waals surface area contributed by atoms with E-state index < -0.39 is 0 Å². The van der Waals surface area contributed by atoms with E-state index in [1.807, 2.05) is 0 Å². The van der Waals surface area contributed by atoms with Gasteiger partial charge in [-0.15, -0.1) is 0 Å². The van der Waals surface area contributed by atoms with Gasteiger partial charge < -0.3 is 10.1 Å². The zero-order valence-electron chi connectivity index (χ0n) is 12.8. The smallest absolute Gasteiger partial charge is 0.0593 e. The van der Waals surface area contributed by atoms with E-state index in [-0.39, 0.29) is 0 Å². The van der Waals surface area contributed by atoms with Crippen LogP contribution >= 0.6 is 0 Å². The molecule has 0 aromatic heterocycles. The molecule has 1 aliphatic heterocycles.